The van der Waals surface area contributed by atoms with E-state index in [1.807, 2.05) is 4.90 Å². The first-order chi connectivity index (χ1) is 9.65. The van der Waals surface area contributed by atoms with E-state index >= 15 is 0 Å². The summed E-state index contributed by atoms with van der Waals surface area (Å²) in [7, 11) is 0. The highest BCUT2D eigenvalue weighted by atomic mass is 35.5. The monoisotopic (exact) mass is 308 g/mol. The summed E-state index contributed by atoms with van der Waals surface area (Å²) in [6.07, 6.45) is 4.19. The summed E-state index contributed by atoms with van der Waals surface area (Å²) in [4.78, 5) is 14.6. The Morgan fingerprint density at radius 1 is 1.29 bits per heavy atom. The van der Waals surface area contributed by atoms with Crippen LogP contribution in [0.5, 0.6) is 0 Å². The van der Waals surface area contributed by atoms with E-state index in [1.54, 1.807) is 0 Å². The Hall–Kier alpha value is -1.06. The first kappa shape index (κ1) is 16.3. The molecule has 1 aromatic rings. The van der Waals surface area contributed by atoms with E-state index < -0.39 is 0 Å². The third-order valence-corrected chi connectivity index (χ3v) is 4.87. The van der Waals surface area contributed by atoms with Gasteiger partial charge in [-0.1, -0.05) is 18.2 Å². The summed E-state index contributed by atoms with van der Waals surface area (Å²) in [6.45, 7) is 6.02. The van der Waals surface area contributed by atoms with Crippen molar-refractivity contribution in [2.45, 2.75) is 51.6 Å². The van der Waals surface area contributed by atoms with Gasteiger partial charge in [-0.15, -0.1) is 12.4 Å². The van der Waals surface area contributed by atoms with Gasteiger partial charge in [-0.2, -0.15) is 0 Å². The third-order valence-electron chi connectivity index (χ3n) is 4.87. The Kier molecular flexibility index (Phi) is 5.28. The van der Waals surface area contributed by atoms with Crippen molar-refractivity contribution in [3.8, 4) is 0 Å². The maximum absolute atomic E-state index is 12.5. The number of nitrogens with zero attached hydrogens (tertiary/aromatic N) is 1. The molecule has 1 heterocycles. The fraction of sp³-hybridized carbons (Fsp3) is 0.588. The lowest BCUT2D eigenvalue weighted by atomic mass is 10.0. The van der Waals surface area contributed by atoms with Crippen LogP contribution in [0.4, 0.5) is 0 Å². The molecule has 1 aliphatic heterocycles. The molecule has 116 valence electrons. The molecule has 4 heteroatoms. The molecule has 21 heavy (non-hydrogen) atoms. The second kappa shape index (κ2) is 6.80. The van der Waals surface area contributed by atoms with E-state index in [9.17, 15) is 4.79 Å². The number of fused-ring (bicyclic) bond motifs is 1. The maximum Gasteiger partial charge on any atom is 0.227 e. The fourth-order valence-corrected chi connectivity index (χ4v) is 3.42. The number of rotatable bonds is 2. The molecule has 1 aliphatic carbocycles. The lowest BCUT2D eigenvalue weighted by Crippen LogP contribution is -2.57. The molecule has 1 saturated heterocycles. The topological polar surface area (TPSA) is 32.3 Å². The highest BCUT2D eigenvalue weighted by Gasteiger charge is 2.27. The Balaban J connectivity index is 0.00000161. The molecule has 3 nitrogen and oxygen atoms in total. The van der Waals surface area contributed by atoms with Crippen molar-refractivity contribution in [3.05, 3.63) is 34.9 Å². The third kappa shape index (κ3) is 3.41. The van der Waals surface area contributed by atoms with E-state index in [2.05, 4.69) is 37.4 Å². The Morgan fingerprint density at radius 3 is 2.86 bits per heavy atom. The van der Waals surface area contributed by atoms with Crippen molar-refractivity contribution in [3.63, 3.8) is 0 Å². The predicted octanol–water partition coefficient (Wildman–Crippen LogP) is 2.35. The van der Waals surface area contributed by atoms with Crippen LogP contribution in [0.3, 0.4) is 0 Å². The molecule has 0 spiro atoms. The number of hydrogen-bond donors (Lipinski definition) is 1. The van der Waals surface area contributed by atoms with Crippen molar-refractivity contribution >= 4 is 18.3 Å². The molecule has 2 aliphatic rings. The van der Waals surface area contributed by atoms with E-state index in [1.165, 1.54) is 36.0 Å². The molecular weight excluding hydrogens is 284 g/mol. The fourth-order valence-electron chi connectivity index (χ4n) is 3.42. The van der Waals surface area contributed by atoms with E-state index in [-0.39, 0.29) is 24.4 Å². The van der Waals surface area contributed by atoms with Crippen molar-refractivity contribution in [2.75, 3.05) is 13.1 Å². The molecule has 0 bridgehead atoms. The van der Waals surface area contributed by atoms with Crippen LogP contribution < -0.4 is 5.32 Å². The smallest absolute Gasteiger partial charge is 0.227 e. The van der Waals surface area contributed by atoms with Gasteiger partial charge in [-0.3, -0.25) is 4.79 Å². The van der Waals surface area contributed by atoms with Crippen molar-refractivity contribution in [1.29, 1.82) is 0 Å². The van der Waals surface area contributed by atoms with Gasteiger partial charge in [0, 0.05) is 25.2 Å². The molecular formula is C17H25ClN2O. The Morgan fingerprint density at radius 2 is 2.05 bits per heavy atom. The minimum Gasteiger partial charge on any atom is -0.337 e. The van der Waals surface area contributed by atoms with Gasteiger partial charge < -0.3 is 10.2 Å². The summed E-state index contributed by atoms with van der Waals surface area (Å²) >= 11 is 0. The number of aryl methyl sites for hydroxylation is 2. The van der Waals surface area contributed by atoms with Crippen LogP contribution >= 0.6 is 12.4 Å². The van der Waals surface area contributed by atoms with Crippen LogP contribution in [-0.4, -0.2) is 36.0 Å². The summed E-state index contributed by atoms with van der Waals surface area (Å²) < 4.78 is 0. The van der Waals surface area contributed by atoms with Gasteiger partial charge in [0.05, 0.1) is 6.42 Å². The largest absolute Gasteiger partial charge is 0.337 e. The van der Waals surface area contributed by atoms with Gasteiger partial charge in [-0.05, 0) is 49.8 Å². The number of carbonyl (C=O) groups is 1. The molecule has 2 atom stereocenters. The number of nitrogens with one attached hydrogen (secondary N) is 1. The van der Waals surface area contributed by atoms with Gasteiger partial charge >= 0.3 is 0 Å². The zero-order chi connectivity index (χ0) is 14.1. The Bertz CT molecular complexity index is 518. The number of benzene rings is 1. The predicted molar refractivity (Wildman–Crippen MR) is 88.1 cm³/mol. The molecule has 3 rings (SSSR count). The van der Waals surface area contributed by atoms with Crippen molar-refractivity contribution in [2.24, 2.45) is 0 Å². The molecule has 1 amide bonds. The number of hydrogen-bond acceptors (Lipinski definition) is 2. The number of amides is 1. The number of carbonyl (C=O) groups excluding carboxylic acids is 1. The highest BCUT2D eigenvalue weighted by Crippen LogP contribution is 2.23. The number of piperazine rings is 1. The van der Waals surface area contributed by atoms with Crippen LogP contribution in [0, 0.1) is 0 Å². The van der Waals surface area contributed by atoms with Gasteiger partial charge in [0.2, 0.25) is 5.91 Å². The molecule has 2 unspecified atom stereocenters. The second-order valence-electron chi connectivity index (χ2n) is 6.20. The van der Waals surface area contributed by atoms with Crippen LogP contribution in [0.2, 0.25) is 0 Å². The van der Waals surface area contributed by atoms with Crippen LogP contribution in [0.1, 0.15) is 37.0 Å². The van der Waals surface area contributed by atoms with Gasteiger partial charge in [0.1, 0.15) is 0 Å². The van der Waals surface area contributed by atoms with E-state index in [0.29, 0.717) is 12.5 Å². The maximum atomic E-state index is 12.5. The molecule has 0 saturated carbocycles. The molecule has 1 N–H and O–H groups in total. The summed E-state index contributed by atoms with van der Waals surface area (Å²) in [5.74, 6) is 0.267. The van der Waals surface area contributed by atoms with Gasteiger partial charge in [0.15, 0.2) is 0 Å². The summed E-state index contributed by atoms with van der Waals surface area (Å²) in [5.41, 5.74) is 4.11. The normalized spacial score (nSPS) is 24.4. The van der Waals surface area contributed by atoms with Crippen molar-refractivity contribution < 1.29 is 4.79 Å². The zero-order valence-electron chi connectivity index (χ0n) is 12.9. The van der Waals surface area contributed by atoms with Crippen LogP contribution in [0.25, 0.3) is 0 Å². The highest BCUT2D eigenvalue weighted by molar-refractivity contribution is 5.85. The summed E-state index contributed by atoms with van der Waals surface area (Å²) in [6, 6.07) is 7.27. The minimum absolute atomic E-state index is 0. The average molecular weight is 309 g/mol. The SMILES string of the molecule is CC1NCCN(C(=O)Cc2ccc3c(c2)CCC3)C1C.Cl. The zero-order valence-corrected chi connectivity index (χ0v) is 13.7. The standard InChI is InChI=1S/C17H24N2O.ClH/c1-12-13(2)19(9-8-18-12)17(20)11-14-6-7-15-4-3-5-16(15)10-14;/h6-7,10,12-13,18H,3-5,8-9,11H2,1-2H3;1H. The molecule has 1 fully saturated rings. The lowest BCUT2D eigenvalue weighted by molar-refractivity contribution is -0.134. The first-order valence-corrected chi connectivity index (χ1v) is 7.78. The quantitative estimate of drug-likeness (QED) is 0.909. The van der Waals surface area contributed by atoms with Crippen LogP contribution in [-0.2, 0) is 24.1 Å². The molecule has 0 radical (unpaired) electrons. The van der Waals surface area contributed by atoms with Crippen molar-refractivity contribution in [1.82, 2.24) is 10.2 Å². The second-order valence-corrected chi connectivity index (χ2v) is 6.20. The van der Waals surface area contributed by atoms with E-state index in [4.69, 9.17) is 0 Å². The van der Waals surface area contributed by atoms with Gasteiger partial charge in [0.25, 0.3) is 0 Å². The van der Waals surface area contributed by atoms with E-state index in [0.717, 1.165) is 13.1 Å². The summed E-state index contributed by atoms with van der Waals surface area (Å²) in [5, 5.41) is 3.42. The molecule has 0 aromatic heterocycles. The number of halogens is 1. The first-order valence-electron chi connectivity index (χ1n) is 7.78. The molecule has 1 aromatic carbocycles. The Labute approximate surface area is 133 Å². The van der Waals surface area contributed by atoms with Crippen LogP contribution in [0.15, 0.2) is 18.2 Å². The lowest BCUT2D eigenvalue weighted by Gasteiger charge is -2.38. The van der Waals surface area contributed by atoms with Gasteiger partial charge in [-0.25, -0.2) is 0 Å². The average Bonchev–Trinajstić information content (AvgIpc) is 2.89. The minimum atomic E-state index is 0.